The molecule has 0 radical (unpaired) electrons. The first-order valence-electron chi connectivity index (χ1n) is 2.15. The molecule has 0 atom stereocenters. The van der Waals surface area contributed by atoms with E-state index < -0.39 is 0 Å². The fourth-order valence-electron chi connectivity index (χ4n) is 0.222. The average molecular weight is 90.1 g/mol. The molecule has 0 aliphatic carbocycles. The summed E-state index contributed by atoms with van der Waals surface area (Å²) in [5.41, 5.74) is 0. The van der Waals surface area contributed by atoms with Crippen molar-refractivity contribution in [1.82, 2.24) is 0 Å². The van der Waals surface area contributed by atoms with Crippen molar-refractivity contribution < 1.29 is 20.3 Å². The summed E-state index contributed by atoms with van der Waals surface area (Å²) in [5.74, 6) is 0. The smallest absolute Gasteiger partial charge is 1.00 e. The summed E-state index contributed by atoms with van der Waals surface area (Å²) in [5, 5.41) is 0. The van der Waals surface area contributed by atoms with Gasteiger partial charge in [0.1, 0.15) is 0 Å². The number of hydrogen-bond donors (Lipinski definition) is 0. The maximum Gasteiger partial charge on any atom is 1.00 e. The molecule has 0 aliphatic rings. The summed E-state index contributed by atoms with van der Waals surface area (Å²) in [6.07, 6.45) is 8.00. The molecule has 0 heterocycles. The van der Waals surface area contributed by atoms with Crippen LogP contribution in [0.3, 0.4) is 0 Å². The van der Waals surface area contributed by atoms with Crippen molar-refractivity contribution in [3.8, 4) is 0 Å². The van der Waals surface area contributed by atoms with Crippen LogP contribution in [-0.4, -0.2) is 0 Å². The Hall–Kier alpha value is 0.0774. The molecule has 0 amide bonds. The quantitative estimate of drug-likeness (QED) is 0.294. The maximum absolute atomic E-state index is 2.00. The van der Waals surface area contributed by atoms with Gasteiger partial charge in [-0.15, -0.1) is 0 Å². The summed E-state index contributed by atoms with van der Waals surface area (Å²) in [6.45, 7) is 4.00. The molecule has 0 spiro atoms. The van der Waals surface area contributed by atoms with E-state index >= 15 is 0 Å². The van der Waals surface area contributed by atoms with Gasteiger partial charge < -0.3 is 1.43 Å². The van der Waals surface area contributed by atoms with Crippen molar-refractivity contribution in [2.45, 2.75) is 13.8 Å². The zero-order valence-corrected chi connectivity index (χ0v) is 5.31. The summed E-state index contributed by atoms with van der Waals surface area (Å²) in [7, 11) is 0. The molecule has 0 aliphatic heterocycles. The summed E-state index contributed by atoms with van der Waals surface area (Å²) in [4.78, 5) is 0. The predicted molar refractivity (Wildman–Crippen MR) is 30.7 cm³/mol. The van der Waals surface area contributed by atoms with E-state index in [-0.39, 0.29) is 20.3 Å². The van der Waals surface area contributed by atoms with Crippen LogP contribution in [0.2, 0.25) is 0 Å². The third-order valence-corrected chi connectivity index (χ3v) is 0.496. The Kier molecular flexibility index (Phi) is 13.7. The van der Waals surface area contributed by atoms with Crippen LogP contribution < -0.4 is 18.9 Å². The summed E-state index contributed by atoms with van der Waals surface area (Å²) >= 11 is 0. The number of hydrogen-bond acceptors (Lipinski definition) is 0. The Morgan fingerprint density at radius 2 is 1.29 bits per heavy atom. The Labute approximate surface area is 59.0 Å². The molecule has 0 saturated heterocycles. The monoisotopic (exact) mass is 90.1 g/mol. The Balaban J connectivity index is -0.000000125. The van der Waals surface area contributed by atoms with Crippen molar-refractivity contribution in [2.75, 3.05) is 0 Å². The van der Waals surface area contributed by atoms with Gasteiger partial charge >= 0.3 is 18.9 Å². The van der Waals surface area contributed by atoms with Gasteiger partial charge in [0.15, 0.2) is 0 Å². The zero-order chi connectivity index (χ0) is 4.83. The van der Waals surface area contributed by atoms with Gasteiger partial charge in [0, 0.05) is 0 Å². The summed E-state index contributed by atoms with van der Waals surface area (Å²) in [6, 6.07) is 0. The van der Waals surface area contributed by atoms with Crippen molar-refractivity contribution in [2.24, 2.45) is 0 Å². The van der Waals surface area contributed by atoms with E-state index in [2.05, 4.69) is 0 Å². The third-order valence-electron chi connectivity index (χ3n) is 0.496. The molecule has 0 aromatic rings. The molecule has 0 saturated carbocycles. The average Bonchev–Trinajstić information content (AvgIpc) is 1.61. The van der Waals surface area contributed by atoms with Crippen molar-refractivity contribution in [3.05, 3.63) is 24.3 Å². The fourth-order valence-corrected chi connectivity index (χ4v) is 0.222. The van der Waals surface area contributed by atoms with Crippen LogP contribution in [0.4, 0.5) is 0 Å². The molecular weight excluding hydrogens is 79.0 g/mol. The van der Waals surface area contributed by atoms with Gasteiger partial charge in [-0.2, -0.15) is 0 Å². The molecule has 0 aromatic carbocycles. The molecule has 0 aromatic heterocycles. The van der Waals surface area contributed by atoms with Crippen LogP contribution in [0.1, 0.15) is 15.3 Å². The largest absolute Gasteiger partial charge is 1.00 e. The van der Waals surface area contributed by atoms with E-state index in [1.54, 1.807) is 0 Å². The molecule has 7 heavy (non-hydrogen) atoms. The van der Waals surface area contributed by atoms with Crippen molar-refractivity contribution in [3.63, 3.8) is 0 Å². The van der Waals surface area contributed by atoms with Gasteiger partial charge in [0.05, 0.1) is 0 Å². The molecule has 0 nitrogen and oxygen atoms in total. The molecule has 36 valence electrons. The van der Waals surface area contributed by atoms with Crippen LogP contribution in [0.25, 0.3) is 0 Å². The van der Waals surface area contributed by atoms with Crippen LogP contribution in [0, 0.1) is 0 Å². The maximum atomic E-state index is 2.00. The van der Waals surface area contributed by atoms with Gasteiger partial charge in [-0.05, 0) is 13.8 Å². The summed E-state index contributed by atoms with van der Waals surface area (Å²) < 4.78 is 0. The normalized spacial score (nSPS) is 10.0. The molecular formula is C6H11Li. The molecule has 0 rings (SSSR count). The minimum Gasteiger partial charge on any atom is -1.00 e. The first-order valence-corrected chi connectivity index (χ1v) is 2.15. The van der Waals surface area contributed by atoms with Crippen LogP contribution in [0.15, 0.2) is 24.3 Å². The molecule has 0 unspecified atom stereocenters. The van der Waals surface area contributed by atoms with E-state index in [0.29, 0.717) is 0 Å². The minimum absolute atomic E-state index is 0. The Morgan fingerprint density at radius 3 is 1.43 bits per heavy atom. The van der Waals surface area contributed by atoms with Crippen LogP contribution in [-0.2, 0) is 0 Å². The van der Waals surface area contributed by atoms with E-state index in [1.807, 2.05) is 38.2 Å². The van der Waals surface area contributed by atoms with Crippen molar-refractivity contribution in [1.29, 1.82) is 0 Å². The van der Waals surface area contributed by atoms with Crippen molar-refractivity contribution >= 4 is 0 Å². The number of rotatable bonds is 1. The Bertz CT molecular complexity index is 56.9. The topological polar surface area (TPSA) is 0 Å². The van der Waals surface area contributed by atoms with Crippen LogP contribution in [0.5, 0.6) is 0 Å². The van der Waals surface area contributed by atoms with E-state index in [0.717, 1.165) is 0 Å². The first kappa shape index (κ1) is 10.1. The number of allylic oxidation sites excluding steroid dienone is 4. The third kappa shape index (κ3) is 10.7. The molecule has 0 N–H and O–H groups in total. The fraction of sp³-hybridized carbons (Fsp3) is 0.333. The van der Waals surface area contributed by atoms with Gasteiger partial charge in [-0.1, -0.05) is 24.3 Å². The van der Waals surface area contributed by atoms with E-state index in [9.17, 15) is 0 Å². The van der Waals surface area contributed by atoms with Gasteiger partial charge in [-0.3, -0.25) is 0 Å². The van der Waals surface area contributed by atoms with Gasteiger partial charge in [-0.25, -0.2) is 0 Å². The zero-order valence-electron chi connectivity index (χ0n) is 6.31. The predicted octanol–water partition coefficient (Wildman–Crippen LogP) is -0.745. The van der Waals surface area contributed by atoms with E-state index in [1.165, 1.54) is 0 Å². The second-order valence-electron chi connectivity index (χ2n) is 1.05. The molecule has 1 heteroatoms. The van der Waals surface area contributed by atoms with Gasteiger partial charge in [0.2, 0.25) is 0 Å². The second kappa shape index (κ2) is 9.42. The van der Waals surface area contributed by atoms with Crippen LogP contribution >= 0.6 is 0 Å². The van der Waals surface area contributed by atoms with E-state index in [4.69, 9.17) is 0 Å². The molecule has 0 bridgehead atoms. The standard InChI is InChI=1S/C6H10.Li.H/c1-3-5-6-4-2;;/h3-6H,1-2H3;;/q;+1;-1/b5-3+,6-4?;;. The minimum atomic E-state index is 0. The second-order valence-corrected chi connectivity index (χ2v) is 1.05. The van der Waals surface area contributed by atoms with Gasteiger partial charge in [0.25, 0.3) is 0 Å². The first-order chi connectivity index (χ1) is 2.91. The SMILES string of the molecule is CC=C/C=C/C.[H-].[Li+]. The Morgan fingerprint density at radius 1 is 1.00 bits per heavy atom. The molecule has 0 fully saturated rings.